The van der Waals surface area contributed by atoms with Gasteiger partial charge in [-0.1, -0.05) is 117 Å². The van der Waals surface area contributed by atoms with Gasteiger partial charge in [0.15, 0.2) is 0 Å². The van der Waals surface area contributed by atoms with Gasteiger partial charge in [-0.15, -0.1) is 0 Å². The fourth-order valence-corrected chi connectivity index (χ4v) is 12.2. The highest BCUT2D eigenvalue weighted by Crippen LogP contribution is 2.51. The molecule has 11 rings (SSSR count). The number of nitrogens with zero attached hydrogens (tertiary/aromatic N) is 6. The molecule has 0 bridgehead atoms. The minimum atomic E-state index is -4.42. The molecule has 0 atom stereocenters. The summed E-state index contributed by atoms with van der Waals surface area (Å²) >= 11 is 0. The second-order valence-electron chi connectivity index (χ2n) is 22.0. The molecular weight excluding hydrogens is 905 g/mol. The highest BCUT2D eigenvalue weighted by Gasteiger charge is 2.32. The number of para-hydroxylation sites is 2. The van der Waals surface area contributed by atoms with E-state index in [0.717, 1.165) is 82.5 Å². The lowest BCUT2D eigenvalue weighted by atomic mass is 9.85. The van der Waals surface area contributed by atoms with Crippen molar-refractivity contribution < 1.29 is 8.42 Å². The average molecular weight is 957 g/mol. The van der Waals surface area contributed by atoms with Crippen molar-refractivity contribution in [3.8, 4) is 35.3 Å². The predicted molar refractivity (Wildman–Crippen MR) is 292 cm³/mol. The molecular formula is C63H52N6O2S. The van der Waals surface area contributed by atoms with Crippen LogP contribution in [-0.4, -0.2) is 22.1 Å². The van der Waals surface area contributed by atoms with E-state index < -0.39 is 14.7 Å². The van der Waals surface area contributed by atoms with Crippen LogP contribution in [0.4, 0.5) is 0 Å². The first-order valence-electron chi connectivity index (χ1n) is 24.2. The zero-order valence-electron chi connectivity index (χ0n) is 41.8. The molecule has 11 aromatic rings. The van der Waals surface area contributed by atoms with Crippen molar-refractivity contribution in [2.24, 2.45) is 0 Å². The first-order valence-corrected chi connectivity index (χ1v) is 25.7. The molecule has 72 heavy (non-hydrogen) atoms. The minimum Gasteiger partial charge on any atom is -0.308 e. The van der Waals surface area contributed by atoms with Crippen molar-refractivity contribution in [2.75, 3.05) is 0 Å². The third-order valence-electron chi connectivity index (χ3n) is 14.4. The van der Waals surface area contributed by atoms with E-state index >= 15 is 0 Å². The normalized spacial score (nSPS) is 12.6. The van der Waals surface area contributed by atoms with Crippen LogP contribution in [0.15, 0.2) is 161 Å². The molecule has 0 spiro atoms. The van der Waals surface area contributed by atoms with Crippen molar-refractivity contribution in [2.45, 2.75) is 88.3 Å². The Morgan fingerprint density at radius 2 is 0.736 bits per heavy atom. The summed E-state index contributed by atoms with van der Waals surface area (Å²) in [5.74, 6) is 0. The quantitative estimate of drug-likeness (QED) is 0.170. The summed E-state index contributed by atoms with van der Waals surface area (Å²) in [6, 6.07) is 56.8. The van der Waals surface area contributed by atoms with Crippen LogP contribution in [0.1, 0.15) is 95.7 Å². The van der Waals surface area contributed by atoms with E-state index in [1.54, 1.807) is 12.1 Å². The van der Waals surface area contributed by atoms with Gasteiger partial charge in [0, 0.05) is 49.4 Å². The summed E-state index contributed by atoms with van der Waals surface area (Å²) in [6.07, 6.45) is 0. The summed E-state index contributed by atoms with van der Waals surface area (Å²) in [4.78, 5) is -0.497. The van der Waals surface area contributed by atoms with Gasteiger partial charge in [-0.05, 0) is 130 Å². The molecule has 3 aromatic heterocycles. The third-order valence-corrected chi connectivity index (χ3v) is 16.2. The van der Waals surface area contributed by atoms with Gasteiger partial charge in [0.05, 0.1) is 60.8 Å². The fourth-order valence-electron chi connectivity index (χ4n) is 10.7. The number of nitriles is 3. The SMILES string of the molecule is CC(C)(C)c1ccc2c(c1)c1c(c3c4cc(C(C)(C)C)ccc4n(-c4ccc(S(=O)(=O)c5c(C#N)cc(C#N)cc5C#N)cc4)c3c3c4cc(C(C)(C)C)ccc4n(-c4ccccc4)c13)n2-c1ccccc1. The van der Waals surface area contributed by atoms with E-state index in [4.69, 9.17) is 0 Å². The Bertz CT molecular complexity index is 4240. The maximum Gasteiger partial charge on any atom is 0.209 e. The summed E-state index contributed by atoms with van der Waals surface area (Å²) < 4.78 is 36.4. The summed E-state index contributed by atoms with van der Waals surface area (Å²) in [7, 11) is -4.42. The summed E-state index contributed by atoms with van der Waals surface area (Å²) in [5.41, 5.74) is 11.5. The lowest BCUT2D eigenvalue weighted by Gasteiger charge is -2.19. The number of hydrogen-bond donors (Lipinski definition) is 0. The highest BCUT2D eigenvalue weighted by atomic mass is 32.2. The maximum absolute atomic E-state index is 14.6. The van der Waals surface area contributed by atoms with Gasteiger partial charge in [-0.25, -0.2) is 8.42 Å². The first kappa shape index (κ1) is 46.0. The van der Waals surface area contributed by atoms with Gasteiger partial charge in [0.25, 0.3) is 0 Å². The minimum absolute atomic E-state index is 0.0305. The van der Waals surface area contributed by atoms with Crippen LogP contribution >= 0.6 is 0 Å². The third kappa shape index (κ3) is 6.93. The van der Waals surface area contributed by atoms with E-state index in [0.29, 0.717) is 0 Å². The van der Waals surface area contributed by atoms with Gasteiger partial charge in [0.1, 0.15) is 17.0 Å². The molecule has 352 valence electrons. The van der Waals surface area contributed by atoms with Crippen LogP contribution < -0.4 is 0 Å². The number of fused-ring (bicyclic) bond motifs is 12. The number of benzene rings is 8. The van der Waals surface area contributed by atoms with Gasteiger partial charge >= 0.3 is 0 Å². The Labute approximate surface area is 419 Å². The first-order chi connectivity index (χ1) is 34.3. The van der Waals surface area contributed by atoms with E-state index in [9.17, 15) is 24.2 Å². The smallest absolute Gasteiger partial charge is 0.209 e. The van der Waals surface area contributed by atoms with Crippen LogP contribution in [-0.2, 0) is 26.1 Å². The molecule has 0 aliphatic heterocycles. The van der Waals surface area contributed by atoms with Gasteiger partial charge in [0.2, 0.25) is 9.84 Å². The van der Waals surface area contributed by atoms with Crippen molar-refractivity contribution >= 4 is 75.3 Å². The zero-order valence-corrected chi connectivity index (χ0v) is 42.7. The molecule has 8 nitrogen and oxygen atoms in total. The summed E-state index contributed by atoms with van der Waals surface area (Å²) in [5, 5.41) is 36.4. The van der Waals surface area contributed by atoms with Crippen LogP contribution in [0.25, 0.3) is 82.5 Å². The molecule has 0 saturated carbocycles. The molecule has 0 radical (unpaired) electrons. The average Bonchev–Trinajstić information content (AvgIpc) is 4.00. The Balaban J connectivity index is 1.40. The molecule has 0 amide bonds. The van der Waals surface area contributed by atoms with Crippen LogP contribution in [0.3, 0.4) is 0 Å². The maximum atomic E-state index is 14.6. The van der Waals surface area contributed by atoms with E-state index in [1.807, 2.05) is 30.3 Å². The van der Waals surface area contributed by atoms with Crippen LogP contribution in [0, 0.1) is 34.0 Å². The Morgan fingerprint density at radius 1 is 0.403 bits per heavy atom. The van der Waals surface area contributed by atoms with Crippen molar-refractivity contribution in [1.82, 2.24) is 13.7 Å². The van der Waals surface area contributed by atoms with Crippen LogP contribution in [0.5, 0.6) is 0 Å². The lowest BCUT2D eigenvalue weighted by molar-refractivity contribution is 0.591. The van der Waals surface area contributed by atoms with Crippen molar-refractivity contribution in [1.29, 1.82) is 15.8 Å². The number of sulfone groups is 1. The number of hydrogen-bond acceptors (Lipinski definition) is 5. The topological polar surface area (TPSA) is 120 Å². The van der Waals surface area contributed by atoms with E-state index in [2.05, 4.69) is 191 Å². The molecule has 3 heterocycles. The Morgan fingerprint density at radius 3 is 1.04 bits per heavy atom. The molecule has 0 fully saturated rings. The van der Waals surface area contributed by atoms with Gasteiger partial charge in [-0.2, -0.15) is 15.8 Å². The lowest BCUT2D eigenvalue weighted by Crippen LogP contribution is -2.10. The molecule has 9 heteroatoms. The monoisotopic (exact) mass is 956 g/mol. The Hall–Kier alpha value is -8.42. The van der Waals surface area contributed by atoms with E-state index in [1.165, 1.54) is 28.8 Å². The van der Waals surface area contributed by atoms with Crippen LogP contribution in [0.2, 0.25) is 0 Å². The zero-order chi connectivity index (χ0) is 50.8. The largest absolute Gasteiger partial charge is 0.308 e. The van der Waals surface area contributed by atoms with Crippen molar-refractivity contribution in [3.63, 3.8) is 0 Å². The number of aromatic nitrogens is 3. The molecule has 0 aliphatic rings. The number of rotatable bonds is 5. The van der Waals surface area contributed by atoms with E-state index in [-0.39, 0.29) is 37.8 Å². The molecule has 0 N–H and O–H groups in total. The molecule has 8 aromatic carbocycles. The molecule has 0 saturated heterocycles. The predicted octanol–water partition coefficient (Wildman–Crippen LogP) is 15.3. The Kier molecular flexibility index (Phi) is 10.3. The molecule has 0 unspecified atom stereocenters. The molecule has 0 aliphatic carbocycles. The standard InChI is InChI=1S/C63H52N6O2S/c1-61(2,3)41-20-27-51-48(32-41)54-57-55(49-33-42(62(4,5)6)21-28-52(49)68(57)45-18-14-11-15-19-45)59-56(58(54)67(51)44-16-12-10-13-17-44)50-34-43(63(7,8)9)22-29-53(50)69(59)46-23-25-47(26-24-46)72(70,71)60-39(36-65)30-38(35-64)31-40(60)37-66/h10-34H,1-9H3. The second-order valence-corrected chi connectivity index (χ2v) is 23.9. The van der Waals surface area contributed by atoms with Gasteiger partial charge in [-0.3, -0.25) is 0 Å². The highest BCUT2D eigenvalue weighted by molar-refractivity contribution is 7.91. The van der Waals surface area contributed by atoms with Crippen molar-refractivity contribution in [3.05, 3.63) is 185 Å². The second kappa shape index (κ2) is 16.1. The van der Waals surface area contributed by atoms with Gasteiger partial charge < -0.3 is 13.7 Å². The fraction of sp³-hybridized carbons (Fsp3) is 0.190. The summed E-state index contributed by atoms with van der Waals surface area (Å²) in [6.45, 7) is 20.2.